The summed E-state index contributed by atoms with van der Waals surface area (Å²) in [6, 6.07) is 10.3. The van der Waals surface area contributed by atoms with Crippen LogP contribution in [0.15, 0.2) is 43.0 Å². The van der Waals surface area contributed by atoms with Crippen LogP contribution in [0.1, 0.15) is 75.3 Å². The average Bonchev–Trinajstić information content (AvgIpc) is 2.69. The molecule has 0 spiro atoms. The highest BCUT2D eigenvalue weighted by Gasteiger charge is 2.38. The van der Waals surface area contributed by atoms with Gasteiger partial charge in [-0.05, 0) is 70.9 Å². The van der Waals surface area contributed by atoms with E-state index in [9.17, 15) is 5.11 Å². The number of hydrogen-bond donors (Lipinski definition) is 1. The van der Waals surface area contributed by atoms with Crippen molar-refractivity contribution in [2.24, 2.45) is 11.3 Å². The van der Waals surface area contributed by atoms with E-state index in [-0.39, 0.29) is 10.8 Å². The molecule has 0 aromatic heterocycles. The number of ether oxygens (including phenoxy) is 1. The third-order valence-corrected chi connectivity index (χ3v) is 7.19. The first kappa shape index (κ1) is 21.7. The lowest BCUT2D eigenvalue weighted by Gasteiger charge is -2.40. The Morgan fingerprint density at radius 2 is 1.90 bits per heavy atom. The van der Waals surface area contributed by atoms with Gasteiger partial charge in [0.05, 0.1) is 6.61 Å². The first-order valence-corrected chi connectivity index (χ1v) is 11.6. The highest BCUT2D eigenvalue weighted by atomic mass is 16.5. The third-order valence-electron chi connectivity index (χ3n) is 7.19. The summed E-state index contributed by atoms with van der Waals surface area (Å²) in [6.45, 7) is 16.4. The minimum Gasteiger partial charge on any atom is -0.507 e. The first-order valence-electron chi connectivity index (χ1n) is 11.6. The summed E-state index contributed by atoms with van der Waals surface area (Å²) < 4.78 is 5.84. The van der Waals surface area contributed by atoms with E-state index in [1.165, 1.54) is 22.3 Å². The highest BCUT2D eigenvalue weighted by Crippen LogP contribution is 2.50. The van der Waals surface area contributed by atoms with Crippen LogP contribution in [0.25, 0.3) is 11.6 Å². The van der Waals surface area contributed by atoms with Gasteiger partial charge in [-0.2, -0.15) is 0 Å². The van der Waals surface area contributed by atoms with E-state index in [0.29, 0.717) is 18.3 Å². The monoisotopic (exact) mass is 416 g/mol. The molecule has 2 heteroatoms. The molecular formula is C29H36O2. The summed E-state index contributed by atoms with van der Waals surface area (Å²) >= 11 is 0. The van der Waals surface area contributed by atoms with Crippen LogP contribution < -0.4 is 4.74 Å². The molecule has 0 saturated heterocycles. The molecule has 1 unspecified atom stereocenters. The molecule has 0 aliphatic heterocycles. The fourth-order valence-electron chi connectivity index (χ4n) is 5.09. The van der Waals surface area contributed by atoms with Gasteiger partial charge in [0.15, 0.2) is 0 Å². The molecule has 164 valence electrons. The van der Waals surface area contributed by atoms with Crippen LogP contribution in [-0.2, 0) is 18.3 Å². The summed E-state index contributed by atoms with van der Waals surface area (Å²) in [5.41, 5.74) is 7.44. The van der Waals surface area contributed by atoms with Crippen molar-refractivity contribution in [2.75, 3.05) is 6.61 Å². The van der Waals surface area contributed by atoms with E-state index in [2.05, 4.69) is 65.5 Å². The lowest BCUT2D eigenvalue weighted by atomic mass is 9.64. The molecule has 2 nitrogen and oxygen atoms in total. The van der Waals surface area contributed by atoms with Crippen LogP contribution >= 0.6 is 0 Å². The minimum atomic E-state index is -0.292. The minimum absolute atomic E-state index is 0.214. The second kappa shape index (κ2) is 7.89. The normalized spacial score (nSPS) is 21.7. The van der Waals surface area contributed by atoms with Gasteiger partial charge >= 0.3 is 0 Å². The third kappa shape index (κ3) is 4.05. The number of phenols is 1. The fraction of sp³-hybridized carbons (Fsp3) is 0.448. The molecule has 2 aliphatic carbocycles. The molecular weight excluding hydrogens is 380 g/mol. The summed E-state index contributed by atoms with van der Waals surface area (Å²) in [7, 11) is 0. The Hall–Kier alpha value is -2.48. The molecule has 0 radical (unpaired) electrons. The maximum absolute atomic E-state index is 10.9. The van der Waals surface area contributed by atoms with Gasteiger partial charge < -0.3 is 9.84 Å². The van der Waals surface area contributed by atoms with Crippen molar-refractivity contribution in [3.63, 3.8) is 0 Å². The molecule has 0 bridgehead atoms. The SMILES string of the molecule is C=C1c2ccc3c(c2CCC1(C)c1ccc(OCCC(C)C)cc1O)C=CC(C)(C)C3. The molecule has 31 heavy (non-hydrogen) atoms. The molecule has 2 aromatic carbocycles. The van der Waals surface area contributed by atoms with Crippen molar-refractivity contribution in [3.05, 3.63) is 70.8 Å². The van der Waals surface area contributed by atoms with Gasteiger partial charge in [-0.1, -0.05) is 71.5 Å². The van der Waals surface area contributed by atoms with Crippen LogP contribution in [0.4, 0.5) is 0 Å². The molecule has 0 amide bonds. The maximum atomic E-state index is 10.9. The number of allylic oxidation sites excluding steroid dienone is 2. The van der Waals surface area contributed by atoms with E-state index in [0.717, 1.165) is 42.6 Å². The Balaban J connectivity index is 1.63. The first-order chi connectivity index (χ1) is 14.6. The van der Waals surface area contributed by atoms with Gasteiger partial charge in [0.2, 0.25) is 0 Å². The van der Waals surface area contributed by atoms with Crippen molar-refractivity contribution < 1.29 is 9.84 Å². The van der Waals surface area contributed by atoms with Crippen molar-refractivity contribution >= 4 is 11.6 Å². The van der Waals surface area contributed by atoms with Gasteiger partial charge in [-0.3, -0.25) is 0 Å². The van der Waals surface area contributed by atoms with Crippen LogP contribution in [0.2, 0.25) is 0 Å². The molecule has 2 aliphatic rings. The summed E-state index contributed by atoms with van der Waals surface area (Å²) in [5.74, 6) is 1.63. The predicted octanol–water partition coefficient (Wildman–Crippen LogP) is 7.33. The van der Waals surface area contributed by atoms with Crippen LogP contribution in [0.5, 0.6) is 11.5 Å². The van der Waals surface area contributed by atoms with Crippen LogP contribution in [0, 0.1) is 11.3 Å². The predicted molar refractivity (Wildman–Crippen MR) is 131 cm³/mol. The van der Waals surface area contributed by atoms with Gasteiger partial charge in [-0.15, -0.1) is 0 Å². The smallest absolute Gasteiger partial charge is 0.123 e. The zero-order valence-electron chi connectivity index (χ0n) is 19.7. The molecule has 1 N–H and O–H groups in total. The fourth-order valence-corrected chi connectivity index (χ4v) is 5.09. The standard InChI is InChI=1S/C29H36O2/c1-19(2)13-16-31-22-8-10-26(27(30)17-22)29(6)15-12-25-23(20(29)3)9-7-21-18-28(4,5)14-11-24(21)25/h7-11,14,17,19,30H,3,12-13,15-16,18H2,1-2,4-6H3. The van der Waals surface area contributed by atoms with Gasteiger partial charge in [0, 0.05) is 17.0 Å². The van der Waals surface area contributed by atoms with E-state index in [1.807, 2.05) is 12.1 Å². The van der Waals surface area contributed by atoms with Crippen molar-refractivity contribution in [1.29, 1.82) is 0 Å². The van der Waals surface area contributed by atoms with Crippen molar-refractivity contribution in [1.82, 2.24) is 0 Å². The topological polar surface area (TPSA) is 29.5 Å². The number of fused-ring (bicyclic) bond motifs is 3. The van der Waals surface area contributed by atoms with E-state index in [4.69, 9.17) is 4.74 Å². The Kier molecular flexibility index (Phi) is 5.54. The van der Waals surface area contributed by atoms with E-state index < -0.39 is 0 Å². The Morgan fingerprint density at radius 3 is 2.61 bits per heavy atom. The zero-order valence-corrected chi connectivity index (χ0v) is 19.7. The second-order valence-electron chi connectivity index (χ2n) is 10.7. The number of rotatable bonds is 5. The lowest BCUT2D eigenvalue weighted by Crippen LogP contribution is -2.30. The number of hydrogen-bond acceptors (Lipinski definition) is 2. The van der Waals surface area contributed by atoms with Crippen LogP contribution in [0.3, 0.4) is 0 Å². The Morgan fingerprint density at radius 1 is 1.13 bits per heavy atom. The number of aromatic hydroxyl groups is 1. The molecule has 1 atom stereocenters. The summed E-state index contributed by atoms with van der Waals surface area (Å²) in [4.78, 5) is 0. The molecule has 0 heterocycles. The Bertz CT molecular complexity index is 1040. The quantitative estimate of drug-likeness (QED) is 0.553. The Labute approximate surface area is 187 Å². The second-order valence-corrected chi connectivity index (χ2v) is 10.7. The maximum Gasteiger partial charge on any atom is 0.123 e. The van der Waals surface area contributed by atoms with Crippen molar-refractivity contribution in [3.8, 4) is 11.5 Å². The number of phenolic OH excluding ortho intramolecular Hbond substituents is 1. The molecule has 4 rings (SSSR count). The lowest BCUT2D eigenvalue weighted by molar-refractivity contribution is 0.287. The van der Waals surface area contributed by atoms with Gasteiger partial charge in [-0.25, -0.2) is 0 Å². The van der Waals surface area contributed by atoms with E-state index >= 15 is 0 Å². The van der Waals surface area contributed by atoms with E-state index in [1.54, 1.807) is 6.07 Å². The average molecular weight is 417 g/mol. The van der Waals surface area contributed by atoms with Crippen LogP contribution in [-0.4, -0.2) is 11.7 Å². The molecule has 0 saturated carbocycles. The van der Waals surface area contributed by atoms with Crippen molar-refractivity contribution in [2.45, 2.75) is 65.7 Å². The summed E-state index contributed by atoms with van der Waals surface area (Å²) in [6.07, 6.45) is 8.67. The van der Waals surface area contributed by atoms with Gasteiger partial charge in [0.1, 0.15) is 11.5 Å². The highest BCUT2D eigenvalue weighted by molar-refractivity contribution is 5.81. The largest absolute Gasteiger partial charge is 0.507 e. The number of benzene rings is 2. The van der Waals surface area contributed by atoms with Gasteiger partial charge in [0.25, 0.3) is 0 Å². The zero-order chi connectivity index (χ0) is 22.4. The molecule has 2 aromatic rings. The summed E-state index contributed by atoms with van der Waals surface area (Å²) in [5, 5.41) is 10.9. The molecule has 0 fully saturated rings.